The zero-order valence-electron chi connectivity index (χ0n) is 12.2. The molecule has 1 saturated carbocycles. The highest BCUT2D eigenvalue weighted by molar-refractivity contribution is 6.30. The first-order valence-corrected chi connectivity index (χ1v) is 7.75. The van der Waals surface area contributed by atoms with E-state index in [9.17, 15) is 0 Å². The largest absolute Gasteiger partial charge is 0.369 e. The second kappa shape index (κ2) is 6.08. The van der Waals surface area contributed by atoms with Crippen LogP contribution in [0, 0.1) is 12.3 Å². The Hall–Kier alpha value is -0.830. The second-order valence-corrected chi connectivity index (χ2v) is 6.07. The first kappa shape index (κ1) is 14.6. The Balaban J connectivity index is 2.10. The van der Waals surface area contributed by atoms with Crippen molar-refractivity contribution in [1.29, 1.82) is 0 Å². The number of hydrogen-bond acceptors (Lipinski definition) is 3. The Kier molecular flexibility index (Phi) is 4.67. The minimum absolute atomic E-state index is 0.481. The van der Waals surface area contributed by atoms with Gasteiger partial charge in [-0.3, -0.25) is 0 Å². The number of anilines is 1. The molecule has 0 unspecified atom stereocenters. The lowest BCUT2D eigenvalue weighted by Crippen LogP contribution is -2.36. The van der Waals surface area contributed by atoms with Gasteiger partial charge in [-0.15, -0.1) is 0 Å². The van der Waals surface area contributed by atoms with Crippen molar-refractivity contribution in [3.8, 4) is 0 Å². The van der Waals surface area contributed by atoms with Gasteiger partial charge in [0.25, 0.3) is 0 Å². The van der Waals surface area contributed by atoms with Crippen molar-refractivity contribution in [2.24, 2.45) is 5.41 Å². The molecule has 0 aromatic carbocycles. The van der Waals surface area contributed by atoms with Crippen LogP contribution in [0.1, 0.15) is 57.3 Å². The maximum atomic E-state index is 6.20. The van der Waals surface area contributed by atoms with E-state index in [1.165, 1.54) is 25.7 Å². The van der Waals surface area contributed by atoms with Crippen LogP contribution in [0.2, 0.25) is 5.15 Å². The molecule has 0 bridgehead atoms. The average Bonchev–Trinajstić information content (AvgIpc) is 2.34. The van der Waals surface area contributed by atoms with E-state index in [0.717, 1.165) is 36.6 Å². The molecule has 0 atom stereocenters. The highest BCUT2D eigenvalue weighted by atomic mass is 35.5. The summed E-state index contributed by atoms with van der Waals surface area (Å²) in [7, 11) is 0. The number of aromatic nitrogens is 2. The molecule has 1 fully saturated rings. The standard InChI is InChI=1S/C15H24ClN3/c1-4-7-12-18-13(16)11(3)14(19-12)17-10-15(5-2)8-6-9-15/h4-10H2,1-3H3,(H,17,18,19). The fourth-order valence-electron chi connectivity index (χ4n) is 2.64. The van der Waals surface area contributed by atoms with Crippen LogP contribution in [0.15, 0.2) is 0 Å². The lowest BCUT2D eigenvalue weighted by molar-refractivity contribution is 0.145. The van der Waals surface area contributed by atoms with Crippen LogP contribution in [-0.4, -0.2) is 16.5 Å². The molecule has 1 aliphatic carbocycles. The zero-order valence-corrected chi connectivity index (χ0v) is 13.0. The van der Waals surface area contributed by atoms with E-state index in [2.05, 4.69) is 29.1 Å². The van der Waals surface area contributed by atoms with Gasteiger partial charge in [-0.2, -0.15) is 0 Å². The van der Waals surface area contributed by atoms with Gasteiger partial charge in [0.05, 0.1) is 0 Å². The summed E-state index contributed by atoms with van der Waals surface area (Å²) in [6, 6.07) is 0. The molecule has 0 spiro atoms. The summed E-state index contributed by atoms with van der Waals surface area (Å²) in [4.78, 5) is 8.95. The van der Waals surface area contributed by atoms with E-state index in [-0.39, 0.29) is 0 Å². The van der Waals surface area contributed by atoms with Gasteiger partial charge in [-0.1, -0.05) is 31.9 Å². The molecule has 106 valence electrons. The number of nitrogens with one attached hydrogen (secondary N) is 1. The lowest BCUT2D eigenvalue weighted by atomic mass is 9.67. The Labute approximate surface area is 121 Å². The third kappa shape index (κ3) is 3.19. The molecule has 1 aromatic rings. The molecule has 1 aromatic heterocycles. The monoisotopic (exact) mass is 281 g/mol. The molecule has 0 aliphatic heterocycles. The van der Waals surface area contributed by atoms with Gasteiger partial charge in [0.15, 0.2) is 0 Å². The summed E-state index contributed by atoms with van der Waals surface area (Å²) < 4.78 is 0. The topological polar surface area (TPSA) is 37.8 Å². The molecule has 19 heavy (non-hydrogen) atoms. The van der Waals surface area contributed by atoms with Crippen molar-refractivity contribution < 1.29 is 0 Å². The molecular weight excluding hydrogens is 258 g/mol. The maximum Gasteiger partial charge on any atom is 0.137 e. The van der Waals surface area contributed by atoms with Crippen LogP contribution in [-0.2, 0) is 6.42 Å². The van der Waals surface area contributed by atoms with Gasteiger partial charge in [0.2, 0.25) is 0 Å². The normalized spacial score (nSPS) is 17.1. The Morgan fingerprint density at radius 1 is 1.26 bits per heavy atom. The average molecular weight is 282 g/mol. The van der Waals surface area contributed by atoms with Gasteiger partial charge in [0.1, 0.15) is 16.8 Å². The number of halogens is 1. The molecule has 2 rings (SSSR count). The molecule has 3 nitrogen and oxygen atoms in total. The molecule has 0 amide bonds. The summed E-state index contributed by atoms with van der Waals surface area (Å²) in [5.74, 6) is 1.77. The highest BCUT2D eigenvalue weighted by Gasteiger charge is 2.34. The van der Waals surface area contributed by atoms with Crippen LogP contribution in [0.4, 0.5) is 5.82 Å². The van der Waals surface area contributed by atoms with E-state index in [4.69, 9.17) is 11.6 Å². The van der Waals surface area contributed by atoms with Gasteiger partial charge in [-0.05, 0) is 38.0 Å². The second-order valence-electron chi connectivity index (χ2n) is 5.71. The zero-order chi connectivity index (χ0) is 13.9. The lowest BCUT2D eigenvalue weighted by Gasteiger charge is -2.41. The SMILES string of the molecule is CCCc1nc(Cl)c(C)c(NCC2(CC)CCC2)n1. The summed E-state index contributed by atoms with van der Waals surface area (Å²) in [5.41, 5.74) is 1.45. The van der Waals surface area contributed by atoms with Gasteiger partial charge in [0, 0.05) is 18.5 Å². The quantitative estimate of drug-likeness (QED) is 0.786. The van der Waals surface area contributed by atoms with Gasteiger partial charge in [-0.25, -0.2) is 9.97 Å². The molecular formula is C15H24ClN3. The number of hydrogen-bond donors (Lipinski definition) is 1. The van der Waals surface area contributed by atoms with Crippen LogP contribution in [0.3, 0.4) is 0 Å². The molecule has 0 radical (unpaired) electrons. The van der Waals surface area contributed by atoms with E-state index in [0.29, 0.717) is 10.6 Å². The maximum absolute atomic E-state index is 6.20. The van der Waals surface area contributed by atoms with Crippen molar-refractivity contribution in [2.75, 3.05) is 11.9 Å². The van der Waals surface area contributed by atoms with Crippen molar-refractivity contribution in [1.82, 2.24) is 9.97 Å². The highest BCUT2D eigenvalue weighted by Crippen LogP contribution is 2.43. The number of aryl methyl sites for hydroxylation is 1. The Bertz CT molecular complexity index is 436. The van der Waals surface area contributed by atoms with Crippen LogP contribution in [0.25, 0.3) is 0 Å². The molecule has 1 N–H and O–H groups in total. The van der Waals surface area contributed by atoms with Crippen LogP contribution >= 0.6 is 11.6 Å². The Morgan fingerprint density at radius 2 is 2.00 bits per heavy atom. The predicted molar refractivity (Wildman–Crippen MR) is 80.8 cm³/mol. The third-order valence-corrected chi connectivity index (χ3v) is 4.77. The van der Waals surface area contributed by atoms with Gasteiger partial charge < -0.3 is 5.32 Å². The van der Waals surface area contributed by atoms with Crippen molar-refractivity contribution in [3.05, 3.63) is 16.5 Å². The predicted octanol–water partition coefficient (Wildman–Crippen LogP) is 4.38. The molecule has 4 heteroatoms. The summed E-state index contributed by atoms with van der Waals surface area (Å²) >= 11 is 6.20. The molecule has 0 saturated heterocycles. The smallest absolute Gasteiger partial charge is 0.137 e. The van der Waals surface area contributed by atoms with Crippen LogP contribution in [0.5, 0.6) is 0 Å². The fourth-order valence-corrected chi connectivity index (χ4v) is 2.83. The van der Waals surface area contributed by atoms with E-state index >= 15 is 0 Å². The van der Waals surface area contributed by atoms with Crippen LogP contribution < -0.4 is 5.32 Å². The summed E-state index contributed by atoms with van der Waals surface area (Å²) in [6.07, 6.45) is 7.18. The van der Waals surface area contributed by atoms with Gasteiger partial charge >= 0.3 is 0 Å². The minimum atomic E-state index is 0.481. The summed E-state index contributed by atoms with van der Waals surface area (Å²) in [5, 5.41) is 4.09. The third-order valence-electron chi connectivity index (χ3n) is 4.40. The van der Waals surface area contributed by atoms with E-state index in [1.54, 1.807) is 0 Å². The van der Waals surface area contributed by atoms with Crippen molar-refractivity contribution in [3.63, 3.8) is 0 Å². The van der Waals surface area contributed by atoms with Crippen molar-refractivity contribution in [2.45, 2.75) is 59.3 Å². The number of rotatable bonds is 6. The Morgan fingerprint density at radius 3 is 2.53 bits per heavy atom. The van der Waals surface area contributed by atoms with E-state index in [1.807, 2.05) is 6.92 Å². The molecule has 1 aliphatic rings. The fraction of sp³-hybridized carbons (Fsp3) is 0.733. The summed E-state index contributed by atoms with van der Waals surface area (Å²) in [6.45, 7) is 7.40. The van der Waals surface area contributed by atoms with E-state index < -0.39 is 0 Å². The van der Waals surface area contributed by atoms with Crippen molar-refractivity contribution >= 4 is 17.4 Å². The first-order chi connectivity index (χ1) is 9.10. The first-order valence-electron chi connectivity index (χ1n) is 7.37. The minimum Gasteiger partial charge on any atom is -0.369 e. The molecule has 1 heterocycles. The number of nitrogens with zero attached hydrogens (tertiary/aromatic N) is 2.